The second kappa shape index (κ2) is 13.3. The van der Waals surface area contributed by atoms with Crippen LogP contribution in [0.1, 0.15) is 33.5 Å². The van der Waals surface area contributed by atoms with Gasteiger partial charge in [0.05, 0.1) is 6.61 Å². The molecule has 0 heterocycles. The third-order valence-electron chi connectivity index (χ3n) is 4.94. The lowest BCUT2D eigenvalue weighted by Crippen LogP contribution is -2.32. The van der Waals surface area contributed by atoms with Crippen molar-refractivity contribution in [3.63, 3.8) is 0 Å². The average molecular weight is 480 g/mol. The Kier molecular flexibility index (Phi) is 9.85. The molecule has 34 heavy (non-hydrogen) atoms. The van der Waals surface area contributed by atoms with Gasteiger partial charge >= 0.3 is 5.97 Å². The molecule has 0 radical (unpaired) electrons. The van der Waals surface area contributed by atoms with Crippen molar-refractivity contribution < 1.29 is 24.2 Å². The van der Waals surface area contributed by atoms with Crippen LogP contribution in [0.3, 0.4) is 0 Å². The van der Waals surface area contributed by atoms with Crippen LogP contribution in [-0.4, -0.2) is 36.4 Å². The first-order valence-electron chi connectivity index (χ1n) is 10.8. The van der Waals surface area contributed by atoms with Gasteiger partial charge in [-0.1, -0.05) is 78.4 Å². The normalized spacial score (nSPS) is 11.9. The fraction of sp³-hybridized carbons (Fsp3) is 0.185. The molecule has 0 aliphatic carbocycles. The smallest absolute Gasteiger partial charge is 0.332 e. The molecule has 1 atom stereocenters. The van der Waals surface area contributed by atoms with Crippen molar-refractivity contribution in [1.82, 2.24) is 5.32 Å². The predicted molar refractivity (Wildman–Crippen MR) is 132 cm³/mol. The molecule has 0 aromatic heterocycles. The van der Waals surface area contributed by atoms with Gasteiger partial charge in [-0.15, -0.1) is 0 Å². The number of benzene rings is 3. The van der Waals surface area contributed by atoms with E-state index in [4.69, 9.17) is 21.1 Å². The first kappa shape index (κ1) is 25.2. The Morgan fingerprint density at radius 2 is 1.53 bits per heavy atom. The van der Waals surface area contributed by atoms with E-state index in [0.717, 1.165) is 16.7 Å². The Morgan fingerprint density at radius 3 is 2.15 bits per heavy atom. The summed E-state index contributed by atoms with van der Waals surface area (Å²) in [4.78, 5) is 23.8. The van der Waals surface area contributed by atoms with E-state index >= 15 is 0 Å². The Hall–Kier alpha value is -3.45. The molecule has 0 spiro atoms. The van der Waals surface area contributed by atoms with Crippen LogP contribution in [0, 0.1) is 0 Å². The van der Waals surface area contributed by atoms with Gasteiger partial charge in [0.1, 0.15) is 6.79 Å². The standard InChI is InChI=1S/C27H26ClNO5/c28-24-14-10-21(11-15-24)7-6-20-8-12-23(13-9-20)26(30)29-17-16-25(27(31)32)34-19-33-18-22-4-2-1-3-5-22/h1-15,25H,16-19H2,(H,29,30)(H,31,32)/b7-6+/t25-/m0/s1. The molecule has 2 N–H and O–H groups in total. The summed E-state index contributed by atoms with van der Waals surface area (Å²) in [5, 5.41) is 12.8. The maximum Gasteiger partial charge on any atom is 0.332 e. The molecule has 7 heteroatoms. The van der Waals surface area contributed by atoms with Crippen molar-refractivity contribution in [3.8, 4) is 0 Å². The first-order chi connectivity index (χ1) is 16.5. The zero-order chi connectivity index (χ0) is 24.2. The minimum atomic E-state index is -1.10. The monoisotopic (exact) mass is 479 g/mol. The van der Waals surface area contributed by atoms with Gasteiger partial charge in [-0.25, -0.2) is 4.79 Å². The molecule has 0 aliphatic rings. The second-order valence-corrected chi connectivity index (χ2v) is 7.93. The number of carbonyl (C=O) groups excluding carboxylic acids is 1. The van der Waals surface area contributed by atoms with Crippen molar-refractivity contribution in [3.05, 3.63) is 106 Å². The van der Waals surface area contributed by atoms with Gasteiger partial charge < -0.3 is 19.9 Å². The van der Waals surface area contributed by atoms with Crippen LogP contribution in [0.2, 0.25) is 5.02 Å². The summed E-state index contributed by atoms with van der Waals surface area (Å²) in [6, 6.07) is 24.1. The zero-order valence-electron chi connectivity index (χ0n) is 18.5. The fourth-order valence-corrected chi connectivity index (χ4v) is 3.20. The number of carboxylic acids is 1. The van der Waals surface area contributed by atoms with Gasteiger partial charge in [0.15, 0.2) is 6.10 Å². The molecule has 3 aromatic carbocycles. The zero-order valence-corrected chi connectivity index (χ0v) is 19.3. The number of halogens is 1. The molecule has 6 nitrogen and oxygen atoms in total. The molecule has 0 saturated heterocycles. The van der Waals surface area contributed by atoms with Crippen LogP contribution in [0.4, 0.5) is 0 Å². The molecule has 0 aliphatic heterocycles. The Morgan fingerprint density at radius 1 is 0.912 bits per heavy atom. The highest BCUT2D eigenvalue weighted by molar-refractivity contribution is 6.30. The van der Waals surface area contributed by atoms with Crippen LogP contribution in [-0.2, 0) is 20.9 Å². The van der Waals surface area contributed by atoms with E-state index in [1.165, 1.54) is 0 Å². The summed E-state index contributed by atoms with van der Waals surface area (Å²) in [6.45, 7) is 0.340. The topological polar surface area (TPSA) is 84.9 Å². The van der Waals surface area contributed by atoms with Gasteiger partial charge in [-0.2, -0.15) is 0 Å². The minimum absolute atomic E-state index is 0.123. The number of rotatable bonds is 12. The summed E-state index contributed by atoms with van der Waals surface area (Å²) < 4.78 is 10.7. The lowest BCUT2D eigenvalue weighted by molar-refractivity contribution is -0.162. The minimum Gasteiger partial charge on any atom is -0.479 e. The quantitative estimate of drug-likeness (QED) is 0.210. The van der Waals surface area contributed by atoms with Gasteiger partial charge in [0, 0.05) is 23.6 Å². The Balaban J connectivity index is 1.40. The summed E-state index contributed by atoms with van der Waals surface area (Å²) in [6.07, 6.45) is 2.95. The van der Waals surface area contributed by atoms with Gasteiger partial charge in [-0.3, -0.25) is 4.79 Å². The number of hydrogen-bond acceptors (Lipinski definition) is 4. The maximum atomic E-state index is 12.4. The molecule has 0 fully saturated rings. The third-order valence-corrected chi connectivity index (χ3v) is 5.19. The number of nitrogens with one attached hydrogen (secondary N) is 1. The maximum absolute atomic E-state index is 12.4. The van der Waals surface area contributed by atoms with Gasteiger partial charge in [0.2, 0.25) is 0 Å². The van der Waals surface area contributed by atoms with E-state index in [9.17, 15) is 14.7 Å². The van der Waals surface area contributed by atoms with Crippen molar-refractivity contribution in [2.24, 2.45) is 0 Å². The Labute approximate surface area is 203 Å². The van der Waals surface area contributed by atoms with Crippen LogP contribution < -0.4 is 5.32 Å². The van der Waals surface area contributed by atoms with E-state index < -0.39 is 12.1 Å². The van der Waals surface area contributed by atoms with Crippen molar-refractivity contribution >= 4 is 35.6 Å². The molecule has 0 bridgehead atoms. The molecule has 1 amide bonds. The van der Waals surface area contributed by atoms with Gasteiger partial charge in [-0.05, 0) is 41.0 Å². The molecule has 0 unspecified atom stereocenters. The van der Waals surface area contributed by atoms with Crippen LogP contribution in [0.5, 0.6) is 0 Å². The highest BCUT2D eigenvalue weighted by Gasteiger charge is 2.18. The fourth-order valence-electron chi connectivity index (χ4n) is 3.07. The van der Waals surface area contributed by atoms with Crippen LogP contribution in [0.15, 0.2) is 78.9 Å². The second-order valence-electron chi connectivity index (χ2n) is 7.50. The Bertz CT molecular complexity index is 1080. The molecular formula is C27H26ClNO5. The summed E-state index contributed by atoms with van der Waals surface area (Å²) in [5.74, 6) is -1.38. The number of aliphatic carboxylic acids is 1. The highest BCUT2D eigenvalue weighted by atomic mass is 35.5. The molecule has 176 valence electrons. The summed E-state index contributed by atoms with van der Waals surface area (Å²) in [5.41, 5.74) is 3.42. The van der Waals surface area contributed by atoms with E-state index in [2.05, 4.69) is 5.32 Å². The highest BCUT2D eigenvalue weighted by Crippen LogP contribution is 2.13. The van der Waals surface area contributed by atoms with Crippen molar-refractivity contribution in [2.75, 3.05) is 13.3 Å². The third kappa shape index (κ3) is 8.48. The number of ether oxygens (including phenoxy) is 2. The summed E-state index contributed by atoms with van der Waals surface area (Å²) in [7, 11) is 0. The molecular weight excluding hydrogens is 454 g/mol. The van der Waals surface area contributed by atoms with Crippen LogP contribution >= 0.6 is 11.6 Å². The SMILES string of the molecule is O=C(NCC[C@H](OCOCc1ccccc1)C(=O)O)c1ccc(/C=C/c2ccc(Cl)cc2)cc1. The molecule has 3 aromatic rings. The van der Waals surface area contributed by atoms with E-state index in [0.29, 0.717) is 17.2 Å². The first-order valence-corrected chi connectivity index (χ1v) is 11.2. The lowest BCUT2D eigenvalue weighted by atomic mass is 10.1. The largest absolute Gasteiger partial charge is 0.479 e. The number of amides is 1. The van der Waals surface area contributed by atoms with E-state index in [1.54, 1.807) is 12.1 Å². The van der Waals surface area contributed by atoms with Crippen molar-refractivity contribution in [1.29, 1.82) is 0 Å². The van der Waals surface area contributed by atoms with Crippen LogP contribution in [0.25, 0.3) is 12.2 Å². The van der Waals surface area contributed by atoms with Crippen molar-refractivity contribution in [2.45, 2.75) is 19.1 Å². The van der Waals surface area contributed by atoms with Gasteiger partial charge in [0.25, 0.3) is 5.91 Å². The average Bonchev–Trinajstić information content (AvgIpc) is 2.86. The van der Waals surface area contributed by atoms with E-state index in [-0.39, 0.29) is 25.7 Å². The summed E-state index contributed by atoms with van der Waals surface area (Å²) >= 11 is 5.89. The molecule has 3 rings (SSSR count). The lowest BCUT2D eigenvalue weighted by Gasteiger charge is -2.14. The number of carboxylic acid groups (broad SMARTS) is 1. The predicted octanol–water partition coefficient (Wildman–Crippen LogP) is 5.27. The van der Waals surface area contributed by atoms with E-state index in [1.807, 2.05) is 78.9 Å². The number of hydrogen-bond donors (Lipinski definition) is 2. The number of carbonyl (C=O) groups is 2. The molecule has 0 saturated carbocycles.